The molecule has 0 aliphatic rings. The number of nitrogens with zero attached hydrogens (tertiary/aromatic N) is 1. The smallest absolute Gasteiger partial charge is 0.129 e. The second-order valence-corrected chi connectivity index (χ2v) is 3.57. The average molecular weight is 233 g/mol. The first kappa shape index (κ1) is 11.5. The maximum absolute atomic E-state index is 13.6. The van der Waals surface area contributed by atoms with Crippen molar-refractivity contribution in [2.45, 2.75) is 6.10 Å². The van der Waals surface area contributed by atoms with Crippen molar-refractivity contribution in [3.8, 4) is 5.75 Å². The van der Waals surface area contributed by atoms with Crippen LogP contribution in [-0.2, 0) is 0 Å². The van der Waals surface area contributed by atoms with E-state index >= 15 is 0 Å². The minimum Gasteiger partial charge on any atom is -0.497 e. The van der Waals surface area contributed by atoms with Gasteiger partial charge in [-0.3, -0.25) is 4.98 Å². The number of halogens is 1. The van der Waals surface area contributed by atoms with Crippen LogP contribution in [0.3, 0.4) is 0 Å². The van der Waals surface area contributed by atoms with Crippen LogP contribution in [0.25, 0.3) is 0 Å². The third-order valence-electron chi connectivity index (χ3n) is 2.52. The first-order valence-electron chi connectivity index (χ1n) is 5.14. The van der Waals surface area contributed by atoms with Crippen LogP contribution in [0.5, 0.6) is 5.75 Å². The van der Waals surface area contributed by atoms with Crippen molar-refractivity contribution < 1.29 is 14.2 Å². The molecule has 0 saturated carbocycles. The average Bonchev–Trinajstić information content (AvgIpc) is 2.39. The number of methoxy groups -OCH3 is 1. The van der Waals surface area contributed by atoms with E-state index in [-0.39, 0.29) is 5.56 Å². The van der Waals surface area contributed by atoms with E-state index in [4.69, 9.17) is 4.74 Å². The van der Waals surface area contributed by atoms with Gasteiger partial charge in [-0.15, -0.1) is 0 Å². The maximum Gasteiger partial charge on any atom is 0.129 e. The molecule has 0 aliphatic heterocycles. The Bertz CT molecular complexity index is 502. The molecule has 1 atom stereocenters. The summed E-state index contributed by atoms with van der Waals surface area (Å²) in [6.07, 6.45) is 2.08. The third-order valence-corrected chi connectivity index (χ3v) is 2.52. The SMILES string of the molecule is COc1ccc(F)c(C(O)c2ccncc2)c1. The molecule has 0 spiro atoms. The molecule has 0 radical (unpaired) electrons. The van der Waals surface area contributed by atoms with Crippen molar-refractivity contribution in [2.75, 3.05) is 7.11 Å². The highest BCUT2D eigenvalue weighted by Crippen LogP contribution is 2.27. The molecule has 0 bridgehead atoms. The van der Waals surface area contributed by atoms with Gasteiger partial charge in [0.1, 0.15) is 17.7 Å². The Kier molecular flexibility index (Phi) is 3.35. The van der Waals surface area contributed by atoms with Crippen molar-refractivity contribution in [2.24, 2.45) is 0 Å². The molecule has 3 nitrogen and oxygen atoms in total. The first-order chi connectivity index (χ1) is 8.22. The monoisotopic (exact) mass is 233 g/mol. The van der Waals surface area contributed by atoms with Gasteiger partial charge in [-0.1, -0.05) is 0 Å². The molecule has 1 heterocycles. The van der Waals surface area contributed by atoms with Crippen LogP contribution in [0, 0.1) is 5.82 Å². The van der Waals surface area contributed by atoms with Gasteiger partial charge in [0, 0.05) is 18.0 Å². The second kappa shape index (κ2) is 4.93. The van der Waals surface area contributed by atoms with E-state index in [0.29, 0.717) is 11.3 Å². The van der Waals surface area contributed by atoms with Crippen LogP contribution in [0.4, 0.5) is 4.39 Å². The lowest BCUT2D eigenvalue weighted by Gasteiger charge is -2.13. The van der Waals surface area contributed by atoms with E-state index < -0.39 is 11.9 Å². The van der Waals surface area contributed by atoms with Crippen LogP contribution in [-0.4, -0.2) is 17.2 Å². The summed E-state index contributed by atoms with van der Waals surface area (Å²) in [5.41, 5.74) is 0.780. The molecule has 4 heteroatoms. The van der Waals surface area contributed by atoms with E-state index in [1.54, 1.807) is 24.5 Å². The van der Waals surface area contributed by atoms with E-state index in [1.807, 2.05) is 0 Å². The van der Waals surface area contributed by atoms with E-state index in [1.165, 1.54) is 25.3 Å². The fraction of sp³-hybridized carbons (Fsp3) is 0.154. The summed E-state index contributed by atoms with van der Waals surface area (Å²) in [7, 11) is 1.50. The molecule has 1 unspecified atom stereocenters. The number of pyridine rings is 1. The van der Waals surface area contributed by atoms with Gasteiger partial charge in [-0.05, 0) is 35.9 Å². The lowest BCUT2D eigenvalue weighted by molar-refractivity contribution is 0.214. The molecule has 17 heavy (non-hydrogen) atoms. The van der Waals surface area contributed by atoms with Gasteiger partial charge >= 0.3 is 0 Å². The highest BCUT2D eigenvalue weighted by Gasteiger charge is 2.15. The summed E-state index contributed by atoms with van der Waals surface area (Å²) < 4.78 is 18.6. The molecule has 0 amide bonds. The highest BCUT2D eigenvalue weighted by atomic mass is 19.1. The highest BCUT2D eigenvalue weighted by molar-refractivity contribution is 5.35. The molecule has 1 N–H and O–H groups in total. The van der Waals surface area contributed by atoms with Crippen molar-refractivity contribution in [1.82, 2.24) is 4.98 Å². The van der Waals surface area contributed by atoms with Crippen LogP contribution < -0.4 is 4.74 Å². The van der Waals surface area contributed by atoms with Gasteiger partial charge in [0.05, 0.1) is 7.11 Å². The van der Waals surface area contributed by atoms with Gasteiger partial charge in [0.15, 0.2) is 0 Å². The van der Waals surface area contributed by atoms with Gasteiger partial charge in [0.25, 0.3) is 0 Å². The summed E-state index contributed by atoms with van der Waals surface area (Å²) in [5.74, 6) is 0.0459. The Morgan fingerprint density at radius 1 is 1.24 bits per heavy atom. The molecule has 1 aromatic carbocycles. The topological polar surface area (TPSA) is 42.4 Å². The first-order valence-corrected chi connectivity index (χ1v) is 5.14. The fourth-order valence-corrected chi connectivity index (χ4v) is 1.58. The molecular formula is C13H12FNO2. The lowest BCUT2D eigenvalue weighted by Crippen LogP contribution is -2.03. The van der Waals surface area contributed by atoms with Crippen molar-refractivity contribution >= 4 is 0 Å². The van der Waals surface area contributed by atoms with E-state index in [9.17, 15) is 9.50 Å². The minimum absolute atomic E-state index is 0.190. The number of aliphatic hydroxyl groups is 1. The Morgan fingerprint density at radius 3 is 2.59 bits per heavy atom. The quantitative estimate of drug-likeness (QED) is 0.884. The Hall–Kier alpha value is -1.94. The predicted octanol–water partition coefficient (Wildman–Crippen LogP) is 2.31. The van der Waals surface area contributed by atoms with Gasteiger partial charge < -0.3 is 9.84 Å². The zero-order valence-corrected chi connectivity index (χ0v) is 9.30. The zero-order valence-electron chi connectivity index (χ0n) is 9.30. The lowest BCUT2D eigenvalue weighted by atomic mass is 10.0. The second-order valence-electron chi connectivity index (χ2n) is 3.57. The van der Waals surface area contributed by atoms with Crippen molar-refractivity contribution in [3.05, 3.63) is 59.7 Å². The molecule has 88 valence electrons. The predicted molar refractivity (Wildman–Crippen MR) is 61.3 cm³/mol. The summed E-state index contributed by atoms with van der Waals surface area (Å²) >= 11 is 0. The molecule has 2 aromatic rings. The fourth-order valence-electron chi connectivity index (χ4n) is 1.58. The third kappa shape index (κ3) is 2.42. The number of hydrogen-bond acceptors (Lipinski definition) is 3. The standard InChI is InChI=1S/C13H12FNO2/c1-17-10-2-3-12(14)11(8-10)13(16)9-4-6-15-7-5-9/h2-8,13,16H,1H3. The molecule has 2 rings (SSSR count). The molecule has 0 fully saturated rings. The summed E-state index contributed by atoms with van der Waals surface area (Å²) in [4.78, 5) is 3.85. The Balaban J connectivity index is 2.40. The molecule has 1 aromatic heterocycles. The number of benzene rings is 1. The zero-order chi connectivity index (χ0) is 12.3. The number of aliphatic hydroxyl groups excluding tert-OH is 1. The largest absolute Gasteiger partial charge is 0.497 e. The van der Waals surface area contributed by atoms with Crippen LogP contribution in [0.2, 0.25) is 0 Å². The van der Waals surface area contributed by atoms with E-state index in [0.717, 1.165) is 0 Å². The van der Waals surface area contributed by atoms with Crippen molar-refractivity contribution in [3.63, 3.8) is 0 Å². The van der Waals surface area contributed by atoms with Crippen LogP contribution in [0.1, 0.15) is 17.2 Å². The number of rotatable bonds is 3. The van der Waals surface area contributed by atoms with Crippen molar-refractivity contribution in [1.29, 1.82) is 0 Å². The number of ether oxygens (including phenoxy) is 1. The Morgan fingerprint density at radius 2 is 1.94 bits per heavy atom. The van der Waals surface area contributed by atoms with Crippen LogP contribution >= 0.6 is 0 Å². The van der Waals surface area contributed by atoms with Gasteiger partial charge in [0.2, 0.25) is 0 Å². The molecule has 0 aliphatic carbocycles. The Labute approximate surface area is 98.5 Å². The van der Waals surface area contributed by atoms with Gasteiger partial charge in [-0.2, -0.15) is 0 Å². The summed E-state index contributed by atoms with van der Waals surface area (Å²) in [6.45, 7) is 0. The minimum atomic E-state index is -1.02. The van der Waals surface area contributed by atoms with E-state index in [2.05, 4.69) is 4.98 Å². The molecule has 0 saturated heterocycles. The number of aromatic nitrogens is 1. The van der Waals surface area contributed by atoms with Gasteiger partial charge in [-0.25, -0.2) is 4.39 Å². The maximum atomic E-state index is 13.6. The molecular weight excluding hydrogens is 221 g/mol. The summed E-state index contributed by atoms with van der Waals surface area (Å²) in [6, 6.07) is 7.56. The van der Waals surface area contributed by atoms with Crippen LogP contribution in [0.15, 0.2) is 42.7 Å². The summed E-state index contributed by atoms with van der Waals surface area (Å²) in [5, 5.41) is 10.1. The number of hydrogen-bond donors (Lipinski definition) is 1. The normalized spacial score (nSPS) is 12.2.